The van der Waals surface area contributed by atoms with Gasteiger partial charge in [-0.15, -0.1) is 0 Å². The Labute approximate surface area is 95.7 Å². The topological polar surface area (TPSA) is 72.1 Å². The van der Waals surface area contributed by atoms with Crippen molar-refractivity contribution in [1.82, 2.24) is 14.9 Å². The van der Waals surface area contributed by atoms with Crippen LogP contribution >= 0.6 is 0 Å². The predicted octanol–water partition coefficient (Wildman–Crippen LogP) is 1.32. The van der Waals surface area contributed by atoms with Gasteiger partial charge in [0.15, 0.2) is 0 Å². The predicted molar refractivity (Wildman–Crippen MR) is 62.9 cm³/mol. The largest absolute Gasteiger partial charge is 0.382 e. The summed E-state index contributed by atoms with van der Waals surface area (Å²) in [5.41, 5.74) is 5.78. The van der Waals surface area contributed by atoms with Gasteiger partial charge in [0.05, 0.1) is 12.4 Å². The number of carbonyl (C=O) groups is 1. The molecule has 0 fully saturated rings. The lowest BCUT2D eigenvalue weighted by molar-refractivity contribution is 0.0730. The average Bonchev–Trinajstić information content (AvgIpc) is 2.27. The quantitative estimate of drug-likeness (QED) is 0.834. The Hall–Kier alpha value is -1.65. The molecule has 0 bridgehead atoms. The number of aromatic nitrogens is 2. The summed E-state index contributed by atoms with van der Waals surface area (Å²) < 4.78 is 0. The highest BCUT2D eigenvalue weighted by atomic mass is 16.2. The van der Waals surface area contributed by atoms with Crippen molar-refractivity contribution in [2.75, 3.05) is 12.8 Å². The number of carbonyl (C=O) groups excluding carboxylic acids is 1. The molecule has 5 heteroatoms. The fraction of sp³-hybridized carbons (Fsp3) is 0.545. The Morgan fingerprint density at radius 1 is 1.56 bits per heavy atom. The Morgan fingerprint density at radius 3 is 2.81 bits per heavy atom. The smallest absolute Gasteiger partial charge is 0.274 e. The van der Waals surface area contributed by atoms with Crippen LogP contribution in [0, 0.1) is 0 Å². The van der Waals surface area contributed by atoms with Crippen LogP contribution in [0.2, 0.25) is 0 Å². The SMILES string of the molecule is CCCC(C)N(C)C(=O)c1cncc(N)n1. The molecule has 1 unspecified atom stereocenters. The molecule has 0 spiro atoms. The summed E-state index contributed by atoms with van der Waals surface area (Å²) in [4.78, 5) is 21.5. The van der Waals surface area contributed by atoms with Crippen molar-refractivity contribution in [3.63, 3.8) is 0 Å². The van der Waals surface area contributed by atoms with Gasteiger partial charge in [-0.2, -0.15) is 0 Å². The third-order valence-corrected chi connectivity index (χ3v) is 2.56. The lowest BCUT2D eigenvalue weighted by Crippen LogP contribution is -2.35. The van der Waals surface area contributed by atoms with E-state index in [0.717, 1.165) is 12.8 Å². The number of nitrogens with two attached hydrogens (primary N) is 1. The second-order valence-corrected chi connectivity index (χ2v) is 3.88. The highest BCUT2D eigenvalue weighted by molar-refractivity contribution is 5.92. The summed E-state index contributed by atoms with van der Waals surface area (Å²) in [6.45, 7) is 4.11. The van der Waals surface area contributed by atoms with Gasteiger partial charge in [-0.3, -0.25) is 9.78 Å². The molecule has 0 aliphatic rings. The molecule has 0 saturated carbocycles. The monoisotopic (exact) mass is 222 g/mol. The minimum Gasteiger partial charge on any atom is -0.382 e. The Morgan fingerprint density at radius 2 is 2.25 bits per heavy atom. The van der Waals surface area contributed by atoms with Gasteiger partial charge in [0.1, 0.15) is 11.5 Å². The maximum Gasteiger partial charge on any atom is 0.274 e. The summed E-state index contributed by atoms with van der Waals surface area (Å²) in [5.74, 6) is 0.128. The van der Waals surface area contributed by atoms with Crippen molar-refractivity contribution >= 4 is 11.7 Å². The van der Waals surface area contributed by atoms with Crippen LogP contribution < -0.4 is 5.73 Å². The van der Waals surface area contributed by atoms with E-state index in [-0.39, 0.29) is 17.8 Å². The van der Waals surface area contributed by atoms with Gasteiger partial charge < -0.3 is 10.6 Å². The average molecular weight is 222 g/mol. The van der Waals surface area contributed by atoms with Crippen LogP contribution in [-0.4, -0.2) is 33.9 Å². The molecule has 0 saturated heterocycles. The van der Waals surface area contributed by atoms with Crippen molar-refractivity contribution in [2.24, 2.45) is 0 Å². The number of hydrogen-bond acceptors (Lipinski definition) is 4. The van der Waals surface area contributed by atoms with Crippen molar-refractivity contribution in [1.29, 1.82) is 0 Å². The molecule has 88 valence electrons. The third-order valence-electron chi connectivity index (χ3n) is 2.56. The molecule has 1 rings (SSSR count). The molecule has 1 aromatic rings. The second-order valence-electron chi connectivity index (χ2n) is 3.88. The van der Waals surface area contributed by atoms with Crippen molar-refractivity contribution < 1.29 is 4.79 Å². The van der Waals surface area contributed by atoms with Crippen molar-refractivity contribution in [2.45, 2.75) is 32.7 Å². The van der Waals surface area contributed by atoms with E-state index in [1.165, 1.54) is 12.4 Å². The Balaban J connectivity index is 2.77. The molecular weight excluding hydrogens is 204 g/mol. The van der Waals surface area contributed by atoms with Gasteiger partial charge in [-0.1, -0.05) is 13.3 Å². The first-order valence-corrected chi connectivity index (χ1v) is 5.41. The van der Waals surface area contributed by atoms with E-state index in [4.69, 9.17) is 5.73 Å². The lowest BCUT2D eigenvalue weighted by atomic mass is 10.1. The van der Waals surface area contributed by atoms with Crippen LogP contribution in [0.1, 0.15) is 37.2 Å². The maximum atomic E-state index is 12.0. The number of amides is 1. The molecule has 0 aliphatic carbocycles. The first kappa shape index (κ1) is 12.4. The molecule has 0 radical (unpaired) electrons. The number of nitrogens with zero attached hydrogens (tertiary/aromatic N) is 3. The highest BCUT2D eigenvalue weighted by Gasteiger charge is 2.18. The normalized spacial score (nSPS) is 12.2. The van der Waals surface area contributed by atoms with Crippen LogP contribution in [0.3, 0.4) is 0 Å². The van der Waals surface area contributed by atoms with Crippen LogP contribution in [0.5, 0.6) is 0 Å². The first-order valence-electron chi connectivity index (χ1n) is 5.41. The van der Waals surface area contributed by atoms with E-state index in [2.05, 4.69) is 16.9 Å². The minimum atomic E-state index is -0.138. The molecule has 0 aromatic carbocycles. The van der Waals surface area contributed by atoms with E-state index in [1.54, 1.807) is 11.9 Å². The van der Waals surface area contributed by atoms with E-state index >= 15 is 0 Å². The highest BCUT2D eigenvalue weighted by Crippen LogP contribution is 2.08. The van der Waals surface area contributed by atoms with Gasteiger partial charge in [-0.25, -0.2) is 4.98 Å². The summed E-state index contributed by atoms with van der Waals surface area (Å²) in [6.07, 6.45) is 4.87. The third kappa shape index (κ3) is 2.92. The molecule has 1 heterocycles. The Kier molecular flexibility index (Phi) is 4.22. The zero-order valence-corrected chi connectivity index (χ0v) is 9.97. The molecule has 5 nitrogen and oxygen atoms in total. The minimum absolute atomic E-state index is 0.138. The lowest BCUT2D eigenvalue weighted by Gasteiger charge is -2.24. The fourth-order valence-electron chi connectivity index (χ4n) is 1.48. The van der Waals surface area contributed by atoms with Gasteiger partial charge >= 0.3 is 0 Å². The van der Waals surface area contributed by atoms with Crippen molar-refractivity contribution in [3.8, 4) is 0 Å². The van der Waals surface area contributed by atoms with Crippen LogP contribution in [0.25, 0.3) is 0 Å². The van der Waals surface area contributed by atoms with Gasteiger partial charge in [0.2, 0.25) is 0 Å². The molecule has 1 aromatic heterocycles. The molecular formula is C11H18N4O. The van der Waals surface area contributed by atoms with E-state index in [0.29, 0.717) is 5.69 Å². The van der Waals surface area contributed by atoms with Crippen LogP contribution in [0.4, 0.5) is 5.82 Å². The van der Waals surface area contributed by atoms with Crippen LogP contribution in [-0.2, 0) is 0 Å². The zero-order valence-electron chi connectivity index (χ0n) is 9.97. The number of anilines is 1. The maximum absolute atomic E-state index is 12.0. The molecule has 1 atom stereocenters. The van der Waals surface area contributed by atoms with Gasteiger partial charge in [-0.05, 0) is 13.3 Å². The van der Waals surface area contributed by atoms with Crippen LogP contribution in [0.15, 0.2) is 12.4 Å². The summed E-state index contributed by atoms with van der Waals surface area (Å²) in [7, 11) is 1.77. The fourth-order valence-corrected chi connectivity index (χ4v) is 1.48. The standard InChI is InChI=1S/C11H18N4O/c1-4-5-8(2)15(3)11(16)9-6-13-7-10(12)14-9/h6-8H,4-5H2,1-3H3,(H2,12,14). The molecule has 2 N–H and O–H groups in total. The summed E-state index contributed by atoms with van der Waals surface area (Å²) in [5, 5.41) is 0. The molecule has 1 amide bonds. The zero-order chi connectivity index (χ0) is 12.1. The number of rotatable bonds is 4. The van der Waals surface area contributed by atoms with E-state index in [1.807, 2.05) is 6.92 Å². The first-order chi connectivity index (χ1) is 7.56. The number of hydrogen-bond donors (Lipinski definition) is 1. The van der Waals surface area contributed by atoms with E-state index < -0.39 is 0 Å². The van der Waals surface area contributed by atoms with Gasteiger partial charge in [0, 0.05) is 13.1 Å². The van der Waals surface area contributed by atoms with Gasteiger partial charge in [0.25, 0.3) is 5.91 Å². The summed E-state index contributed by atoms with van der Waals surface area (Å²) >= 11 is 0. The second kappa shape index (κ2) is 5.44. The van der Waals surface area contributed by atoms with Crippen molar-refractivity contribution in [3.05, 3.63) is 18.1 Å². The summed E-state index contributed by atoms with van der Waals surface area (Å²) in [6, 6.07) is 0.195. The number of nitrogen functional groups attached to an aromatic ring is 1. The Bertz CT molecular complexity index is 367. The molecule has 16 heavy (non-hydrogen) atoms. The van der Waals surface area contributed by atoms with E-state index in [9.17, 15) is 4.79 Å². The molecule has 0 aliphatic heterocycles.